The van der Waals surface area contributed by atoms with Gasteiger partial charge >= 0.3 is 5.97 Å². The molecular formula is C12H24O3. The summed E-state index contributed by atoms with van der Waals surface area (Å²) in [5.74, 6) is 0.673. The first-order valence-corrected chi connectivity index (χ1v) is 5.63. The molecule has 0 radical (unpaired) electrons. The molecule has 90 valence electrons. The van der Waals surface area contributed by atoms with E-state index in [1.807, 2.05) is 6.92 Å². The van der Waals surface area contributed by atoms with E-state index in [9.17, 15) is 4.79 Å². The third-order valence-corrected chi connectivity index (χ3v) is 2.65. The molecule has 0 aromatic heterocycles. The number of hydrogen-bond acceptors (Lipinski definition) is 3. The van der Waals surface area contributed by atoms with Crippen molar-refractivity contribution in [2.24, 2.45) is 11.8 Å². The van der Waals surface area contributed by atoms with Crippen LogP contribution in [0.4, 0.5) is 0 Å². The minimum absolute atomic E-state index is 0.223. The van der Waals surface area contributed by atoms with Crippen molar-refractivity contribution in [1.29, 1.82) is 0 Å². The molecule has 3 heteroatoms. The van der Waals surface area contributed by atoms with Gasteiger partial charge in [0.25, 0.3) is 0 Å². The van der Waals surface area contributed by atoms with E-state index in [0.717, 1.165) is 18.8 Å². The third kappa shape index (κ3) is 5.78. The molecule has 0 fully saturated rings. The molecule has 0 bridgehead atoms. The summed E-state index contributed by atoms with van der Waals surface area (Å²) in [5, 5.41) is 0. The van der Waals surface area contributed by atoms with Crippen LogP contribution in [0, 0.1) is 11.8 Å². The van der Waals surface area contributed by atoms with Crippen molar-refractivity contribution in [2.45, 2.75) is 46.1 Å². The first kappa shape index (κ1) is 14.4. The highest BCUT2D eigenvalue weighted by Gasteiger charge is 2.25. The average molecular weight is 216 g/mol. The van der Waals surface area contributed by atoms with Gasteiger partial charge in [-0.15, -0.1) is 0 Å². The van der Waals surface area contributed by atoms with Crippen LogP contribution in [0.5, 0.6) is 0 Å². The highest BCUT2D eigenvalue weighted by molar-refractivity contribution is 5.74. The van der Waals surface area contributed by atoms with Crippen LogP contribution in [-0.2, 0) is 14.3 Å². The van der Waals surface area contributed by atoms with Crippen LogP contribution in [0.1, 0.15) is 40.0 Å². The fourth-order valence-corrected chi connectivity index (χ4v) is 1.68. The van der Waals surface area contributed by atoms with Crippen molar-refractivity contribution in [3.63, 3.8) is 0 Å². The Bertz CT molecular complexity index is 178. The summed E-state index contributed by atoms with van der Waals surface area (Å²) in [6, 6.07) is 0. The monoisotopic (exact) mass is 216 g/mol. The van der Waals surface area contributed by atoms with Crippen LogP contribution in [0.3, 0.4) is 0 Å². The number of hydrogen-bond donors (Lipinski definition) is 0. The summed E-state index contributed by atoms with van der Waals surface area (Å²) >= 11 is 0. The molecule has 0 aromatic carbocycles. The van der Waals surface area contributed by atoms with E-state index in [2.05, 4.69) is 18.6 Å². The first-order chi connectivity index (χ1) is 7.02. The second-order valence-corrected chi connectivity index (χ2v) is 4.48. The maximum Gasteiger partial charge on any atom is 0.335 e. The quantitative estimate of drug-likeness (QED) is 0.614. The average Bonchev–Trinajstić information content (AvgIpc) is 2.18. The lowest BCUT2D eigenvalue weighted by molar-refractivity contribution is -0.155. The summed E-state index contributed by atoms with van der Waals surface area (Å²) in [6.45, 7) is 6.45. The van der Waals surface area contributed by atoms with E-state index in [-0.39, 0.29) is 11.9 Å². The number of carbonyl (C=O) groups excluding carboxylic acids is 1. The van der Waals surface area contributed by atoms with E-state index in [1.165, 1.54) is 13.5 Å². The Balaban J connectivity index is 3.93. The lowest BCUT2D eigenvalue weighted by atomic mass is 9.95. The Labute approximate surface area is 93.1 Å². The van der Waals surface area contributed by atoms with Crippen molar-refractivity contribution in [2.75, 3.05) is 14.2 Å². The van der Waals surface area contributed by atoms with Gasteiger partial charge in [0.2, 0.25) is 0 Å². The second-order valence-electron chi connectivity index (χ2n) is 4.48. The number of methoxy groups -OCH3 is 2. The molecule has 15 heavy (non-hydrogen) atoms. The van der Waals surface area contributed by atoms with E-state index in [0.29, 0.717) is 0 Å². The minimum atomic E-state index is -0.415. The molecule has 0 rings (SSSR count). The Morgan fingerprint density at radius 1 is 1.13 bits per heavy atom. The van der Waals surface area contributed by atoms with E-state index < -0.39 is 6.10 Å². The molecule has 0 aromatic rings. The Hall–Kier alpha value is -0.570. The van der Waals surface area contributed by atoms with E-state index in [1.54, 1.807) is 7.11 Å². The zero-order valence-corrected chi connectivity index (χ0v) is 10.6. The lowest BCUT2D eigenvalue weighted by Crippen LogP contribution is -2.31. The number of ether oxygens (including phenoxy) is 2. The number of esters is 1. The second kappa shape index (κ2) is 7.69. The highest BCUT2D eigenvalue weighted by Crippen LogP contribution is 2.18. The van der Waals surface area contributed by atoms with Gasteiger partial charge in [-0.3, -0.25) is 0 Å². The van der Waals surface area contributed by atoms with E-state index >= 15 is 0 Å². The summed E-state index contributed by atoms with van der Waals surface area (Å²) < 4.78 is 9.84. The van der Waals surface area contributed by atoms with Crippen LogP contribution >= 0.6 is 0 Å². The first-order valence-electron chi connectivity index (χ1n) is 5.63. The molecule has 0 amide bonds. The molecule has 0 saturated carbocycles. The SMILES string of the molecule is COC(=O)C(OC)C(C)CCCC(C)C. The summed E-state index contributed by atoms with van der Waals surface area (Å²) in [5.41, 5.74) is 0. The molecular weight excluding hydrogens is 192 g/mol. The standard InChI is InChI=1S/C12H24O3/c1-9(2)7-6-8-10(3)11(14-4)12(13)15-5/h9-11H,6-8H2,1-5H3. The normalized spacial score (nSPS) is 15.1. The fraction of sp³-hybridized carbons (Fsp3) is 0.917. The van der Waals surface area contributed by atoms with Crippen molar-refractivity contribution >= 4 is 5.97 Å². The molecule has 0 spiro atoms. The molecule has 0 aliphatic rings. The summed E-state index contributed by atoms with van der Waals surface area (Å²) in [6.07, 6.45) is 2.92. The van der Waals surface area contributed by atoms with Crippen LogP contribution < -0.4 is 0 Å². The van der Waals surface area contributed by atoms with Gasteiger partial charge in [0.15, 0.2) is 6.10 Å². The van der Waals surface area contributed by atoms with Crippen molar-refractivity contribution < 1.29 is 14.3 Å². The third-order valence-electron chi connectivity index (χ3n) is 2.65. The molecule has 0 aliphatic heterocycles. The van der Waals surface area contributed by atoms with Gasteiger partial charge in [-0.05, 0) is 18.3 Å². The smallest absolute Gasteiger partial charge is 0.335 e. The lowest BCUT2D eigenvalue weighted by Gasteiger charge is -2.20. The van der Waals surface area contributed by atoms with Gasteiger partial charge in [0.1, 0.15) is 0 Å². The molecule has 2 atom stereocenters. The zero-order valence-electron chi connectivity index (χ0n) is 10.6. The maximum atomic E-state index is 11.3. The molecule has 2 unspecified atom stereocenters. The molecule has 3 nitrogen and oxygen atoms in total. The van der Waals surface area contributed by atoms with Crippen LogP contribution in [-0.4, -0.2) is 26.3 Å². The van der Waals surface area contributed by atoms with Crippen molar-refractivity contribution in [3.05, 3.63) is 0 Å². The highest BCUT2D eigenvalue weighted by atomic mass is 16.6. The zero-order chi connectivity index (χ0) is 11.8. The maximum absolute atomic E-state index is 11.3. The van der Waals surface area contributed by atoms with Crippen molar-refractivity contribution in [1.82, 2.24) is 0 Å². The molecule has 0 saturated heterocycles. The fourth-order valence-electron chi connectivity index (χ4n) is 1.68. The van der Waals surface area contributed by atoms with Gasteiger partial charge in [-0.1, -0.05) is 33.6 Å². The minimum Gasteiger partial charge on any atom is -0.467 e. The summed E-state index contributed by atoms with van der Waals surface area (Å²) in [7, 11) is 2.95. The summed E-state index contributed by atoms with van der Waals surface area (Å²) in [4.78, 5) is 11.3. The predicted octanol–water partition coefficient (Wildman–Crippen LogP) is 2.64. The van der Waals surface area contributed by atoms with Gasteiger partial charge in [0, 0.05) is 7.11 Å². The van der Waals surface area contributed by atoms with E-state index in [4.69, 9.17) is 4.74 Å². The molecule has 0 N–H and O–H groups in total. The van der Waals surface area contributed by atoms with Crippen LogP contribution in [0.25, 0.3) is 0 Å². The van der Waals surface area contributed by atoms with Crippen LogP contribution in [0.15, 0.2) is 0 Å². The Morgan fingerprint density at radius 2 is 1.73 bits per heavy atom. The largest absolute Gasteiger partial charge is 0.467 e. The van der Waals surface area contributed by atoms with Crippen molar-refractivity contribution in [3.8, 4) is 0 Å². The Morgan fingerprint density at radius 3 is 2.13 bits per heavy atom. The van der Waals surface area contributed by atoms with Gasteiger partial charge in [-0.2, -0.15) is 0 Å². The van der Waals surface area contributed by atoms with Gasteiger partial charge in [-0.25, -0.2) is 4.79 Å². The topological polar surface area (TPSA) is 35.5 Å². The van der Waals surface area contributed by atoms with Gasteiger partial charge in [0.05, 0.1) is 7.11 Å². The van der Waals surface area contributed by atoms with Crippen LogP contribution in [0.2, 0.25) is 0 Å². The number of rotatable bonds is 7. The number of carbonyl (C=O) groups is 1. The van der Waals surface area contributed by atoms with Gasteiger partial charge < -0.3 is 9.47 Å². The molecule has 0 heterocycles. The Kier molecular flexibility index (Phi) is 7.39. The predicted molar refractivity (Wildman–Crippen MR) is 60.7 cm³/mol. The molecule has 0 aliphatic carbocycles.